The maximum atomic E-state index is 12.5. The van der Waals surface area contributed by atoms with E-state index in [4.69, 9.17) is 17.0 Å². The van der Waals surface area contributed by atoms with E-state index < -0.39 is 0 Å². The molecular formula is C21H26N2O2S. The van der Waals surface area contributed by atoms with E-state index in [2.05, 4.69) is 19.2 Å². The van der Waals surface area contributed by atoms with Gasteiger partial charge in [-0.15, -0.1) is 0 Å². The molecule has 2 rings (SSSR count). The second-order valence-electron chi connectivity index (χ2n) is 6.66. The molecule has 1 N–H and O–H groups in total. The van der Waals surface area contributed by atoms with Crippen molar-refractivity contribution < 1.29 is 9.53 Å². The number of ether oxygens (including phenoxy) is 1. The van der Waals surface area contributed by atoms with Crippen molar-refractivity contribution >= 4 is 23.2 Å². The average molecular weight is 371 g/mol. The van der Waals surface area contributed by atoms with Crippen LogP contribution < -0.4 is 10.1 Å². The number of carbonyl (C=O) groups excluding carboxylic acids is 1. The van der Waals surface area contributed by atoms with Gasteiger partial charge in [-0.1, -0.05) is 50.2 Å². The fourth-order valence-corrected chi connectivity index (χ4v) is 2.49. The lowest BCUT2D eigenvalue weighted by atomic mass is 10.1. The molecule has 0 bridgehead atoms. The number of benzene rings is 2. The van der Waals surface area contributed by atoms with Crippen molar-refractivity contribution in [2.75, 3.05) is 13.7 Å². The van der Waals surface area contributed by atoms with E-state index in [1.165, 1.54) is 0 Å². The Bertz CT molecular complexity index is 732. The molecule has 0 fully saturated rings. The third-order valence-corrected chi connectivity index (χ3v) is 4.30. The Hall–Kier alpha value is -2.40. The molecule has 0 saturated carbocycles. The van der Waals surface area contributed by atoms with Crippen molar-refractivity contribution in [3.63, 3.8) is 0 Å². The topological polar surface area (TPSA) is 41.6 Å². The van der Waals surface area contributed by atoms with Gasteiger partial charge in [-0.2, -0.15) is 0 Å². The molecule has 138 valence electrons. The summed E-state index contributed by atoms with van der Waals surface area (Å²) in [6, 6.07) is 17.2. The molecule has 0 aliphatic carbocycles. The zero-order valence-corrected chi connectivity index (χ0v) is 16.4. The molecule has 0 heterocycles. The zero-order chi connectivity index (χ0) is 18.9. The van der Waals surface area contributed by atoms with E-state index in [9.17, 15) is 4.79 Å². The van der Waals surface area contributed by atoms with Crippen molar-refractivity contribution in [2.45, 2.75) is 26.8 Å². The summed E-state index contributed by atoms with van der Waals surface area (Å²) in [5, 5.41) is 3.17. The predicted molar refractivity (Wildman–Crippen MR) is 109 cm³/mol. The molecule has 0 aromatic heterocycles. The summed E-state index contributed by atoms with van der Waals surface area (Å²) in [6.07, 6.45) is 0.977. The first-order valence-corrected chi connectivity index (χ1v) is 9.19. The van der Waals surface area contributed by atoms with Gasteiger partial charge in [0.2, 0.25) is 0 Å². The minimum Gasteiger partial charge on any atom is -0.494 e. The summed E-state index contributed by atoms with van der Waals surface area (Å²) in [5.74, 6) is 1.05. The minimum absolute atomic E-state index is 0.232. The van der Waals surface area contributed by atoms with Gasteiger partial charge in [-0.05, 0) is 48.3 Å². The number of carbonyl (C=O) groups is 1. The quantitative estimate of drug-likeness (QED) is 0.740. The van der Waals surface area contributed by atoms with Crippen molar-refractivity contribution in [3.05, 3.63) is 65.7 Å². The van der Waals surface area contributed by atoms with Crippen LogP contribution in [-0.4, -0.2) is 29.6 Å². The number of amides is 1. The van der Waals surface area contributed by atoms with Crippen molar-refractivity contribution in [1.29, 1.82) is 0 Å². The smallest absolute Gasteiger partial charge is 0.257 e. The van der Waals surface area contributed by atoms with Gasteiger partial charge < -0.3 is 9.64 Å². The van der Waals surface area contributed by atoms with E-state index in [-0.39, 0.29) is 5.91 Å². The third-order valence-electron chi connectivity index (χ3n) is 3.89. The maximum Gasteiger partial charge on any atom is 0.257 e. The molecule has 26 heavy (non-hydrogen) atoms. The molecule has 2 aromatic carbocycles. The van der Waals surface area contributed by atoms with Crippen LogP contribution in [0.4, 0.5) is 0 Å². The van der Waals surface area contributed by atoms with Crippen molar-refractivity contribution in [1.82, 2.24) is 10.2 Å². The van der Waals surface area contributed by atoms with Crippen molar-refractivity contribution in [3.8, 4) is 5.75 Å². The Kier molecular flexibility index (Phi) is 7.60. The fourth-order valence-electron chi connectivity index (χ4n) is 2.33. The molecule has 1 amide bonds. The van der Waals surface area contributed by atoms with E-state index in [1.54, 1.807) is 12.1 Å². The third kappa shape index (κ3) is 6.48. The zero-order valence-electron chi connectivity index (χ0n) is 15.6. The molecule has 0 unspecified atom stereocenters. The second-order valence-corrected chi connectivity index (χ2v) is 7.05. The van der Waals surface area contributed by atoms with Gasteiger partial charge in [0.05, 0.1) is 6.61 Å². The molecule has 0 radical (unpaired) electrons. The molecule has 4 nitrogen and oxygen atoms in total. The second kappa shape index (κ2) is 9.92. The van der Waals surface area contributed by atoms with Gasteiger partial charge in [0, 0.05) is 19.2 Å². The van der Waals surface area contributed by atoms with E-state index in [0.29, 0.717) is 35.5 Å². The summed E-state index contributed by atoms with van der Waals surface area (Å²) in [4.78, 5) is 14.3. The summed E-state index contributed by atoms with van der Waals surface area (Å²) < 4.78 is 5.72. The standard InChI is InChI=1S/C21H26N2O2S/c1-16(2)12-13-25-19-11-7-10-18(14-19)20(24)22-21(26)23(3)15-17-8-5-4-6-9-17/h4-11,14,16H,12-13,15H2,1-3H3,(H,22,24,26). The molecule has 5 heteroatoms. The highest BCUT2D eigenvalue weighted by Gasteiger charge is 2.12. The Labute approximate surface area is 161 Å². The monoisotopic (exact) mass is 370 g/mol. The van der Waals surface area contributed by atoms with E-state index >= 15 is 0 Å². The minimum atomic E-state index is -0.232. The Morgan fingerprint density at radius 2 is 1.88 bits per heavy atom. The lowest BCUT2D eigenvalue weighted by molar-refractivity contribution is 0.0973. The highest BCUT2D eigenvalue weighted by Crippen LogP contribution is 2.14. The van der Waals surface area contributed by atoms with Gasteiger partial charge in [0.1, 0.15) is 5.75 Å². The van der Waals surface area contributed by atoms with Crippen LogP contribution in [0, 0.1) is 5.92 Å². The van der Waals surface area contributed by atoms with Crippen LogP contribution >= 0.6 is 12.2 Å². The molecule has 2 aromatic rings. The first kappa shape index (κ1) is 19.9. The normalized spacial score (nSPS) is 10.5. The van der Waals surface area contributed by atoms with Crippen LogP contribution in [-0.2, 0) is 6.54 Å². The molecule has 0 aliphatic heterocycles. The van der Waals surface area contributed by atoms with Gasteiger partial charge in [0.15, 0.2) is 5.11 Å². The Balaban J connectivity index is 1.91. The molecule has 0 atom stereocenters. The SMILES string of the molecule is CC(C)CCOc1cccc(C(=O)NC(=S)N(C)Cc2ccccc2)c1. The number of nitrogens with zero attached hydrogens (tertiary/aromatic N) is 1. The number of hydrogen-bond acceptors (Lipinski definition) is 3. The lowest BCUT2D eigenvalue weighted by Crippen LogP contribution is -2.40. The maximum absolute atomic E-state index is 12.5. The van der Waals surface area contributed by atoms with Crippen LogP contribution in [0.25, 0.3) is 0 Å². The Morgan fingerprint density at radius 1 is 1.15 bits per heavy atom. The predicted octanol–water partition coefficient (Wildman–Crippen LogP) is 4.26. The van der Waals surface area contributed by atoms with Crippen molar-refractivity contribution in [2.24, 2.45) is 5.92 Å². The number of hydrogen-bond donors (Lipinski definition) is 1. The van der Waals surface area contributed by atoms with E-state index in [0.717, 1.165) is 12.0 Å². The van der Waals surface area contributed by atoms with Gasteiger partial charge in [-0.25, -0.2) is 0 Å². The lowest BCUT2D eigenvalue weighted by Gasteiger charge is -2.20. The number of rotatable bonds is 7. The summed E-state index contributed by atoms with van der Waals surface area (Å²) >= 11 is 5.35. The van der Waals surface area contributed by atoms with Crippen LogP contribution in [0.1, 0.15) is 36.2 Å². The first-order chi connectivity index (χ1) is 12.5. The first-order valence-electron chi connectivity index (χ1n) is 8.79. The molecule has 0 saturated heterocycles. The molecule has 0 aliphatic rings. The van der Waals surface area contributed by atoms with Crippen LogP contribution in [0.3, 0.4) is 0 Å². The van der Waals surface area contributed by atoms with Gasteiger partial charge in [-0.3, -0.25) is 10.1 Å². The largest absolute Gasteiger partial charge is 0.494 e. The van der Waals surface area contributed by atoms with Crippen LogP contribution in [0.15, 0.2) is 54.6 Å². The van der Waals surface area contributed by atoms with Gasteiger partial charge in [0.25, 0.3) is 5.91 Å². The highest BCUT2D eigenvalue weighted by molar-refractivity contribution is 7.80. The van der Waals surface area contributed by atoms with Crippen LogP contribution in [0.5, 0.6) is 5.75 Å². The highest BCUT2D eigenvalue weighted by atomic mass is 32.1. The molecule has 0 spiro atoms. The van der Waals surface area contributed by atoms with E-state index in [1.807, 2.05) is 54.4 Å². The fraction of sp³-hybridized carbons (Fsp3) is 0.333. The summed E-state index contributed by atoms with van der Waals surface area (Å²) in [7, 11) is 1.86. The van der Waals surface area contributed by atoms with Gasteiger partial charge >= 0.3 is 0 Å². The Morgan fingerprint density at radius 3 is 2.58 bits per heavy atom. The number of nitrogens with one attached hydrogen (secondary N) is 1. The summed E-state index contributed by atoms with van der Waals surface area (Å²) in [6.45, 7) is 5.58. The van der Waals surface area contributed by atoms with Crippen LogP contribution in [0.2, 0.25) is 0 Å². The molecular weight excluding hydrogens is 344 g/mol. The average Bonchev–Trinajstić information content (AvgIpc) is 2.62. The number of thiocarbonyl (C=S) groups is 1. The summed E-state index contributed by atoms with van der Waals surface area (Å²) in [5.41, 5.74) is 1.66.